The molecule has 12 heavy (non-hydrogen) atoms. The van der Waals surface area contributed by atoms with Gasteiger partial charge in [0.1, 0.15) is 0 Å². The Morgan fingerprint density at radius 3 is 2.92 bits per heavy atom. The van der Waals surface area contributed by atoms with Crippen molar-refractivity contribution in [1.82, 2.24) is 10.2 Å². The molecule has 0 amide bonds. The Morgan fingerprint density at radius 2 is 2.33 bits per heavy atom. The molecule has 0 aromatic heterocycles. The van der Waals surface area contributed by atoms with Gasteiger partial charge in [0.15, 0.2) is 0 Å². The van der Waals surface area contributed by atoms with Crippen molar-refractivity contribution in [3.8, 4) is 0 Å². The summed E-state index contributed by atoms with van der Waals surface area (Å²) in [6, 6.07) is 0.689. The van der Waals surface area contributed by atoms with Crippen LogP contribution in [0.4, 0.5) is 0 Å². The van der Waals surface area contributed by atoms with E-state index >= 15 is 0 Å². The van der Waals surface area contributed by atoms with Gasteiger partial charge in [0.2, 0.25) is 0 Å². The Kier molecular flexibility index (Phi) is 3.76. The maximum absolute atomic E-state index is 3.39. The molecule has 0 aromatic carbocycles. The molecule has 1 heterocycles. The second-order valence-corrected chi connectivity index (χ2v) is 3.83. The topological polar surface area (TPSA) is 15.3 Å². The predicted octanol–water partition coefficient (Wildman–Crippen LogP) is 1.25. The molecule has 1 fully saturated rings. The van der Waals surface area contributed by atoms with Gasteiger partial charge < -0.3 is 5.32 Å². The standard InChI is InChI=1S/C10H20N2/c1-9(2)4-6-12-7-5-11-8-10(12)3/h4,10-11H,5-8H2,1-3H3/t10-/m0/s1. The second-order valence-electron chi connectivity index (χ2n) is 3.83. The first-order valence-electron chi connectivity index (χ1n) is 4.78. The van der Waals surface area contributed by atoms with E-state index in [0.717, 1.165) is 19.6 Å². The summed E-state index contributed by atoms with van der Waals surface area (Å²) in [4.78, 5) is 2.52. The van der Waals surface area contributed by atoms with Gasteiger partial charge in [-0.15, -0.1) is 0 Å². The lowest BCUT2D eigenvalue weighted by atomic mass is 10.2. The smallest absolute Gasteiger partial charge is 0.0196 e. The highest BCUT2D eigenvalue weighted by molar-refractivity contribution is 4.96. The third-order valence-corrected chi connectivity index (χ3v) is 2.37. The van der Waals surface area contributed by atoms with Crippen LogP contribution >= 0.6 is 0 Å². The van der Waals surface area contributed by atoms with Crippen LogP contribution < -0.4 is 5.32 Å². The van der Waals surface area contributed by atoms with Crippen molar-refractivity contribution in [3.05, 3.63) is 11.6 Å². The van der Waals surface area contributed by atoms with Crippen LogP contribution in [-0.4, -0.2) is 37.1 Å². The molecular weight excluding hydrogens is 148 g/mol. The van der Waals surface area contributed by atoms with Gasteiger partial charge in [-0.3, -0.25) is 4.90 Å². The van der Waals surface area contributed by atoms with Gasteiger partial charge >= 0.3 is 0 Å². The van der Waals surface area contributed by atoms with Gasteiger partial charge in [0.05, 0.1) is 0 Å². The van der Waals surface area contributed by atoms with Gasteiger partial charge in [-0.2, -0.15) is 0 Å². The average Bonchev–Trinajstić information content (AvgIpc) is 2.03. The molecule has 2 heteroatoms. The zero-order valence-corrected chi connectivity index (χ0v) is 8.43. The fraction of sp³-hybridized carbons (Fsp3) is 0.800. The van der Waals surface area contributed by atoms with Crippen molar-refractivity contribution in [2.24, 2.45) is 0 Å². The normalized spacial score (nSPS) is 25.4. The fourth-order valence-corrected chi connectivity index (χ4v) is 1.45. The van der Waals surface area contributed by atoms with E-state index in [1.165, 1.54) is 12.1 Å². The zero-order chi connectivity index (χ0) is 8.97. The minimum Gasteiger partial charge on any atom is -0.314 e. The Bertz CT molecular complexity index is 159. The third-order valence-electron chi connectivity index (χ3n) is 2.37. The first-order valence-corrected chi connectivity index (χ1v) is 4.78. The molecule has 1 saturated heterocycles. The van der Waals surface area contributed by atoms with Crippen LogP contribution in [0.25, 0.3) is 0 Å². The maximum atomic E-state index is 3.39. The number of piperazine rings is 1. The summed E-state index contributed by atoms with van der Waals surface area (Å²) in [5.41, 5.74) is 1.42. The fourth-order valence-electron chi connectivity index (χ4n) is 1.45. The minimum atomic E-state index is 0.689. The number of hydrogen-bond acceptors (Lipinski definition) is 2. The van der Waals surface area contributed by atoms with Crippen LogP contribution in [0.5, 0.6) is 0 Å². The average molecular weight is 168 g/mol. The summed E-state index contributed by atoms with van der Waals surface area (Å²) in [5.74, 6) is 0. The van der Waals surface area contributed by atoms with E-state index in [2.05, 4.69) is 37.1 Å². The molecule has 1 rings (SSSR count). The maximum Gasteiger partial charge on any atom is 0.0196 e. The SMILES string of the molecule is CC(C)=CCN1CCNC[C@@H]1C. The molecule has 0 unspecified atom stereocenters. The van der Waals surface area contributed by atoms with E-state index in [0.29, 0.717) is 6.04 Å². The van der Waals surface area contributed by atoms with E-state index in [-0.39, 0.29) is 0 Å². The molecule has 1 aliphatic heterocycles. The Balaban J connectivity index is 2.34. The summed E-state index contributed by atoms with van der Waals surface area (Å²) in [6.07, 6.45) is 2.31. The van der Waals surface area contributed by atoms with Gasteiger partial charge in [-0.25, -0.2) is 0 Å². The first-order chi connectivity index (χ1) is 5.70. The molecule has 0 spiro atoms. The predicted molar refractivity (Wildman–Crippen MR) is 53.3 cm³/mol. The lowest BCUT2D eigenvalue weighted by Gasteiger charge is -2.33. The number of allylic oxidation sites excluding steroid dienone is 1. The zero-order valence-electron chi connectivity index (χ0n) is 8.43. The molecule has 70 valence electrons. The molecule has 0 radical (unpaired) electrons. The molecule has 1 aliphatic rings. The molecule has 2 nitrogen and oxygen atoms in total. The second kappa shape index (κ2) is 4.63. The highest BCUT2D eigenvalue weighted by Gasteiger charge is 2.15. The summed E-state index contributed by atoms with van der Waals surface area (Å²) >= 11 is 0. The highest BCUT2D eigenvalue weighted by atomic mass is 15.2. The van der Waals surface area contributed by atoms with Crippen LogP contribution in [-0.2, 0) is 0 Å². The van der Waals surface area contributed by atoms with Gasteiger partial charge in [-0.05, 0) is 20.8 Å². The molecular formula is C10H20N2. The van der Waals surface area contributed by atoms with Crippen molar-refractivity contribution in [2.45, 2.75) is 26.8 Å². The molecule has 1 atom stereocenters. The van der Waals surface area contributed by atoms with E-state index < -0.39 is 0 Å². The molecule has 0 saturated carbocycles. The third kappa shape index (κ3) is 2.95. The summed E-state index contributed by atoms with van der Waals surface area (Å²) in [5, 5.41) is 3.39. The van der Waals surface area contributed by atoms with Gasteiger partial charge in [0, 0.05) is 32.2 Å². The van der Waals surface area contributed by atoms with Crippen LogP contribution in [0.1, 0.15) is 20.8 Å². The lowest BCUT2D eigenvalue weighted by molar-refractivity contribution is 0.192. The van der Waals surface area contributed by atoms with Crippen LogP contribution in [0, 0.1) is 0 Å². The van der Waals surface area contributed by atoms with E-state index in [1.807, 2.05) is 0 Å². The number of rotatable bonds is 2. The molecule has 0 aromatic rings. The summed E-state index contributed by atoms with van der Waals surface area (Å²) in [6.45, 7) is 11.2. The van der Waals surface area contributed by atoms with E-state index in [4.69, 9.17) is 0 Å². The first kappa shape index (κ1) is 9.75. The van der Waals surface area contributed by atoms with Gasteiger partial charge in [0.25, 0.3) is 0 Å². The van der Waals surface area contributed by atoms with E-state index in [1.54, 1.807) is 0 Å². The van der Waals surface area contributed by atoms with Crippen LogP contribution in [0.3, 0.4) is 0 Å². The Hall–Kier alpha value is -0.340. The Labute approximate surface area is 75.6 Å². The summed E-state index contributed by atoms with van der Waals surface area (Å²) in [7, 11) is 0. The van der Waals surface area contributed by atoms with Gasteiger partial charge in [-0.1, -0.05) is 11.6 Å². The number of nitrogens with one attached hydrogen (secondary N) is 1. The monoisotopic (exact) mass is 168 g/mol. The number of nitrogens with zero attached hydrogens (tertiary/aromatic N) is 1. The minimum absolute atomic E-state index is 0.689. The van der Waals surface area contributed by atoms with Crippen molar-refractivity contribution in [2.75, 3.05) is 26.2 Å². The van der Waals surface area contributed by atoms with Crippen LogP contribution in [0.15, 0.2) is 11.6 Å². The quantitative estimate of drug-likeness (QED) is 0.624. The molecule has 0 aliphatic carbocycles. The van der Waals surface area contributed by atoms with Crippen molar-refractivity contribution in [1.29, 1.82) is 0 Å². The van der Waals surface area contributed by atoms with Crippen molar-refractivity contribution < 1.29 is 0 Å². The van der Waals surface area contributed by atoms with Crippen molar-refractivity contribution >= 4 is 0 Å². The largest absolute Gasteiger partial charge is 0.314 e. The highest BCUT2D eigenvalue weighted by Crippen LogP contribution is 2.02. The summed E-state index contributed by atoms with van der Waals surface area (Å²) < 4.78 is 0. The lowest BCUT2D eigenvalue weighted by Crippen LogP contribution is -2.49. The Morgan fingerprint density at radius 1 is 1.58 bits per heavy atom. The number of hydrogen-bond donors (Lipinski definition) is 1. The van der Waals surface area contributed by atoms with Crippen molar-refractivity contribution in [3.63, 3.8) is 0 Å². The van der Waals surface area contributed by atoms with E-state index in [9.17, 15) is 0 Å². The molecule has 1 N–H and O–H groups in total. The van der Waals surface area contributed by atoms with Crippen LogP contribution in [0.2, 0.25) is 0 Å². The molecule has 0 bridgehead atoms.